The maximum atomic E-state index is 13.9. The quantitative estimate of drug-likeness (QED) is 0.369. The number of nitrogens with one attached hydrogen (secondary N) is 1. The van der Waals surface area contributed by atoms with Crippen molar-refractivity contribution >= 4 is 11.9 Å². The summed E-state index contributed by atoms with van der Waals surface area (Å²) >= 11 is 0. The number of nitrogens with zero attached hydrogens (tertiary/aromatic N) is 3. The van der Waals surface area contributed by atoms with Crippen LogP contribution in [0.1, 0.15) is 41.5 Å². The van der Waals surface area contributed by atoms with Crippen molar-refractivity contribution in [2.45, 2.75) is 37.3 Å². The molecule has 2 aliphatic heterocycles. The number of carbonyl (C=O) groups is 2. The van der Waals surface area contributed by atoms with Crippen LogP contribution in [0.5, 0.6) is 0 Å². The number of hydrogen-bond acceptors (Lipinski definition) is 3. The molecule has 1 atom stereocenters. The maximum absolute atomic E-state index is 13.9. The third-order valence-corrected chi connectivity index (χ3v) is 7.86. The number of rotatable bonds is 7. The average Bonchev–Trinajstić information content (AvgIpc) is 3.20. The number of amides is 3. The highest BCUT2D eigenvalue weighted by Gasteiger charge is 2.53. The highest BCUT2D eigenvalue weighted by Crippen LogP contribution is 2.38. The smallest absolute Gasteiger partial charge is 0.315 e. The lowest BCUT2D eigenvalue weighted by molar-refractivity contribution is -0.130. The lowest BCUT2D eigenvalue weighted by Gasteiger charge is -2.34. The molecule has 1 unspecified atom stereocenters. The number of hydrogen-bond donors (Lipinski definition) is 1. The Balaban J connectivity index is 1.26. The molecule has 6 heteroatoms. The van der Waals surface area contributed by atoms with Crippen molar-refractivity contribution in [1.29, 1.82) is 0 Å². The van der Waals surface area contributed by atoms with Crippen LogP contribution >= 0.6 is 0 Å². The van der Waals surface area contributed by atoms with E-state index in [4.69, 9.17) is 6.57 Å². The van der Waals surface area contributed by atoms with Gasteiger partial charge in [0.1, 0.15) is 0 Å². The van der Waals surface area contributed by atoms with Crippen LogP contribution in [0.4, 0.5) is 4.79 Å². The first-order valence-corrected chi connectivity index (χ1v) is 12.9. The van der Waals surface area contributed by atoms with Crippen molar-refractivity contribution in [3.05, 3.63) is 119 Å². The first-order valence-electron chi connectivity index (χ1n) is 12.9. The van der Waals surface area contributed by atoms with E-state index >= 15 is 0 Å². The van der Waals surface area contributed by atoms with Gasteiger partial charge in [-0.15, -0.1) is 0 Å². The molecule has 0 spiro atoms. The Bertz CT molecular complexity index is 1290. The third-order valence-electron chi connectivity index (χ3n) is 7.86. The summed E-state index contributed by atoms with van der Waals surface area (Å²) in [5, 5.41) is 3.03. The minimum Gasteiger partial charge on any atom is -0.315 e. The lowest BCUT2D eigenvalue weighted by Crippen LogP contribution is -2.45. The largest absolute Gasteiger partial charge is 0.325 e. The Morgan fingerprint density at radius 3 is 1.97 bits per heavy atom. The van der Waals surface area contributed by atoms with Crippen LogP contribution in [0, 0.1) is 13.5 Å². The second-order valence-corrected chi connectivity index (χ2v) is 10.1. The number of piperidine rings is 1. The van der Waals surface area contributed by atoms with Gasteiger partial charge in [-0.1, -0.05) is 90.5 Å². The molecule has 0 aromatic heterocycles. The zero-order valence-corrected chi connectivity index (χ0v) is 21.2. The Morgan fingerprint density at radius 2 is 1.38 bits per heavy atom. The molecule has 0 radical (unpaired) electrons. The standard InChI is InChI=1S/C31H32N4O2/c1-24-14-16-27(17-15-24)31(26-12-7-4-8-13-26)28(36)35(29(37)33-31)21-9-20-34-22-18-30(32-2,19-23-34)25-10-5-3-6-11-25/h3-8,10-17H,9,18-23H2,1H3,(H,33,37). The molecule has 1 N–H and O–H groups in total. The summed E-state index contributed by atoms with van der Waals surface area (Å²) < 4.78 is 0. The molecule has 3 aromatic rings. The highest BCUT2D eigenvalue weighted by atomic mass is 16.2. The van der Waals surface area contributed by atoms with Gasteiger partial charge in [0.05, 0.1) is 0 Å². The molecule has 6 nitrogen and oxygen atoms in total. The lowest BCUT2D eigenvalue weighted by atomic mass is 9.81. The zero-order chi connectivity index (χ0) is 25.9. The first-order chi connectivity index (χ1) is 18.0. The van der Waals surface area contributed by atoms with E-state index in [0.717, 1.165) is 54.7 Å². The number of benzene rings is 3. The van der Waals surface area contributed by atoms with Gasteiger partial charge < -0.3 is 15.1 Å². The Labute approximate surface area is 218 Å². The van der Waals surface area contributed by atoms with Gasteiger partial charge in [0.2, 0.25) is 0 Å². The van der Waals surface area contributed by atoms with Gasteiger partial charge in [0.25, 0.3) is 11.4 Å². The van der Waals surface area contributed by atoms with Gasteiger partial charge in [0, 0.05) is 38.0 Å². The van der Waals surface area contributed by atoms with E-state index in [-0.39, 0.29) is 11.9 Å². The van der Waals surface area contributed by atoms with Gasteiger partial charge >= 0.3 is 6.03 Å². The molecule has 2 fully saturated rings. The van der Waals surface area contributed by atoms with Crippen LogP contribution in [-0.2, 0) is 15.9 Å². The number of likely N-dealkylation sites (tertiary alicyclic amines) is 1. The molecular weight excluding hydrogens is 460 g/mol. The summed E-state index contributed by atoms with van der Waals surface area (Å²) in [5.74, 6) is -0.234. The number of urea groups is 1. The minimum atomic E-state index is -1.22. The number of aryl methyl sites for hydroxylation is 1. The minimum absolute atomic E-state index is 0.234. The SMILES string of the molecule is [C-]#[N+]C1(c2ccccc2)CCN(CCCN2C(=O)NC(c3ccccc3)(c3ccc(C)cc3)C2=O)CC1. The first kappa shape index (κ1) is 24.7. The van der Waals surface area contributed by atoms with Gasteiger partial charge in [0.15, 0.2) is 5.54 Å². The molecule has 5 rings (SSSR count). The van der Waals surface area contributed by atoms with Crippen LogP contribution in [0.25, 0.3) is 4.85 Å². The zero-order valence-electron chi connectivity index (χ0n) is 21.2. The Hall–Kier alpha value is -3.95. The Kier molecular flexibility index (Phi) is 6.82. The third kappa shape index (κ3) is 4.52. The molecular formula is C31H32N4O2. The van der Waals surface area contributed by atoms with E-state index in [1.807, 2.05) is 79.7 Å². The predicted molar refractivity (Wildman–Crippen MR) is 144 cm³/mol. The van der Waals surface area contributed by atoms with E-state index < -0.39 is 11.1 Å². The summed E-state index contributed by atoms with van der Waals surface area (Å²) in [6.45, 7) is 12.6. The van der Waals surface area contributed by atoms with Gasteiger partial charge in [-0.25, -0.2) is 11.4 Å². The highest BCUT2D eigenvalue weighted by molar-refractivity contribution is 6.09. The predicted octanol–water partition coefficient (Wildman–Crippen LogP) is 5.09. The molecule has 2 heterocycles. The topological polar surface area (TPSA) is 57.0 Å². The van der Waals surface area contributed by atoms with E-state index in [1.165, 1.54) is 4.90 Å². The van der Waals surface area contributed by atoms with E-state index in [1.54, 1.807) is 0 Å². The fraction of sp³-hybridized carbons (Fsp3) is 0.323. The summed E-state index contributed by atoms with van der Waals surface area (Å²) in [4.78, 5) is 34.8. The van der Waals surface area contributed by atoms with E-state index in [2.05, 4.69) is 27.2 Å². The average molecular weight is 493 g/mol. The van der Waals surface area contributed by atoms with Gasteiger partial charge in [-0.3, -0.25) is 9.69 Å². The van der Waals surface area contributed by atoms with Crippen molar-refractivity contribution in [3.63, 3.8) is 0 Å². The molecule has 0 bridgehead atoms. The van der Waals surface area contributed by atoms with Gasteiger partial charge in [-0.05, 0) is 31.0 Å². The molecule has 37 heavy (non-hydrogen) atoms. The molecule has 0 saturated carbocycles. The number of carbonyl (C=O) groups excluding carboxylic acids is 2. The molecule has 2 aliphatic rings. The second kappa shape index (κ2) is 10.2. The van der Waals surface area contributed by atoms with Crippen LogP contribution in [0.3, 0.4) is 0 Å². The maximum Gasteiger partial charge on any atom is 0.325 e. The van der Waals surface area contributed by atoms with E-state index in [9.17, 15) is 9.59 Å². The van der Waals surface area contributed by atoms with Crippen LogP contribution in [-0.4, -0.2) is 47.9 Å². The fourth-order valence-electron chi connectivity index (χ4n) is 5.64. The van der Waals surface area contributed by atoms with Crippen molar-refractivity contribution in [3.8, 4) is 0 Å². The van der Waals surface area contributed by atoms with Crippen LogP contribution in [0.15, 0.2) is 84.9 Å². The van der Waals surface area contributed by atoms with Crippen LogP contribution < -0.4 is 5.32 Å². The second-order valence-electron chi connectivity index (χ2n) is 10.1. The fourth-order valence-corrected chi connectivity index (χ4v) is 5.64. The van der Waals surface area contributed by atoms with Crippen molar-refractivity contribution < 1.29 is 9.59 Å². The summed E-state index contributed by atoms with van der Waals surface area (Å²) in [6.07, 6.45) is 2.26. The van der Waals surface area contributed by atoms with Crippen molar-refractivity contribution in [2.75, 3.05) is 26.2 Å². The van der Waals surface area contributed by atoms with Crippen molar-refractivity contribution in [1.82, 2.24) is 15.1 Å². The van der Waals surface area contributed by atoms with Gasteiger partial charge in [-0.2, -0.15) is 0 Å². The summed E-state index contributed by atoms with van der Waals surface area (Å²) in [7, 11) is 0. The monoisotopic (exact) mass is 492 g/mol. The number of imide groups is 1. The Morgan fingerprint density at radius 1 is 0.811 bits per heavy atom. The normalized spacial score (nSPS) is 21.5. The van der Waals surface area contributed by atoms with Crippen LogP contribution in [0.2, 0.25) is 0 Å². The summed E-state index contributed by atoms with van der Waals surface area (Å²) in [6, 6.07) is 27.0. The summed E-state index contributed by atoms with van der Waals surface area (Å²) in [5.41, 5.74) is 2.03. The molecule has 3 aromatic carbocycles. The van der Waals surface area contributed by atoms with Crippen molar-refractivity contribution in [2.24, 2.45) is 0 Å². The molecule has 2 saturated heterocycles. The van der Waals surface area contributed by atoms with E-state index in [0.29, 0.717) is 13.0 Å². The molecule has 0 aliphatic carbocycles. The molecule has 3 amide bonds. The molecule has 188 valence electrons.